The molecule has 2 aromatic heterocycles. The highest BCUT2D eigenvalue weighted by Gasteiger charge is 2.48. The van der Waals surface area contributed by atoms with Crippen LogP contribution in [0.15, 0.2) is 218 Å². The van der Waals surface area contributed by atoms with E-state index in [1.54, 1.807) is 0 Å². The van der Waals surface area contributed by atoms with E-state index in [-0.39, 0.29) is 0 Å². The summed E-state index contributed by atoms with van der Waals surface area (Å²) in [5.74, 6) is 1.93. The number of fused-ring (bicyclic) bond motifs is 5. The fraction of sp³-hybridized carbons (Fsp3) is 0.0182. The molecule has 0 saturated carbocycles. The zero-order valence-corrected chi connectivity index (χ0v) is 32.1. The zero-order valence-electron chi connectivity index (χ0n) is 32.1. The average molecular weight is 753 g/mol. The number of pyridine rings is 1. The summed E-state index contributed by atoms with van der Waals surface area (Å²) >= 11 is 0. The molecule has 8 aromatic carbocycles. The molecule has 0 amide bonds. The lowest BCUT2D eigenvalue weighted by Gasteiger charge is -2.34. The molecule has 2 heterocycles. The number of benzene rings is 8. The maximum Gasteiger partial charge on any atom is 0.164 e. The zero-order chi connectivity index (χ0) is 39.2. The Morgan fingerprint density at radius 1 is 0.305 bits per heavy atom. The van der Waals surface area contributed by atoms with E-state index < -0.39 is 5.41 Å². The molecule has 1 aliphatic carbocycles. The first kappa shape index (κ1) is 34.4. The van der Waals surface area contributed by atoms with Gasteiger partial charge in [0.2, 0.25) is 0 Å². The summed E-state index contributed by atoms with van der Waals surface area (Å²) < 4.78 is 0. The van der Waals surface area contributed by atoms with Crippen molar-refractivity contribution in [1.82, 2.24) is 19.9 Å². The van der Waals surface area contributed by atoms with Crippen molar-refractivity contribution in [1.29, 1.82) is 0 Å². The number of para-hydroxylation sites is 1. The predicted octanol–water partition coefficient (Wildman–Crippen LogP) is 13.1. The van der Waals surface area contributed by atoms with Gasteiger partial charge in [-0.15, -0.1) is 0 Å². The largest absolute Gasteiger partial charge is 0.247 e. The van der Waals surface area contributed by atoms with Gasteiger partial charge in [-0.05, 0) is 45.0 Å². The lowest BCUT2D eigenvalue weighted by Crippen LogP contribution is -2.29. The van der Waals surface area contributed by atoms with E-state index in [1.807, 2.05) is 60.7 Å². The summed E-state index contributed by atoms with van der Waals surface area (Å²) in [6.45, 7) is 0. The van der Waals surface area contributed by atoms with Crippen LogP contribution in [-0.2, 0) is 5.41 Å². The van der Waals surface area contributed by atoms with Crippen molar-refractivity contribution in [3.05, 3.63) is 241 Å². The average Bonchev–Trinajstić information content (AvgIpc) is 3.65. The minimum absolute atomic E-state index is 0.532. The van der Waals surface area contributed by atoms with Crippen molar-refractivity contribution in [2.45, 2.75) is 5.41 Å². The first-order chi connectivity index (χ1) is 29.3. The van der Waals surface area contributed by atoms with Gasteiger partial charge in [0.25, 0.3) is 0 Å². The lowest BCUT2D eigenvalue weighted by atomic mass is 9.67. The van der Waals surface area contributed by atoms with Gasteiger partial charge >= 0.3 is 0 Å². The molecule has 276 valence electrons. The van der Waals surface area contributed by atoms with Crippen LogP contribution in [0, 0.1) is 0 Å². The third kappa shape index (κ3) is 5.76. The molecule has 0 unspecified atom stereocenters. The molecule has 11 rings (SSSR count). The van der Waals surface area contributed by atoms with Crippen LogP contribution in [0.2, 0.25) is 0 Å². The maximum atomic E-state index is 5.46. The Bertz CT molecular complexity index is 3010. The second-order valence-corrected chi connectivity index (χ2v) is 14.9. The summed E-state index contributed by atoms with van der Waals surface area (Å²) in [5.41, 5.74) is 15.0. The van der Waals surface area contributed by atoms with Gasteiger partial charge in [0, 0.05) is 33.2 Å². The van der Waals surface area contributed by atoms with E-state index in [2.05, 4.69) is 158 Å². The van der Waals surface area contributed by atoms with E-state index in [4.69, 9.17) is 19.9 Å². The quantitative estimate of drug-likeness (QED) is 0.163. The summed E-state index contributed by atoms with van der Waals surface area (Å²) in [6.07, 6.45) is 0. The Morgan fingerprint density at radius 3 is 1.25 bits per heavy atom. The SMILES string of the molecule is c1ccc(-c2nc(-c3ccccc3)nc(-c3ccc(-c4ccc(-c5nc6ccccc6c6c5-c5ccccc5C6(c5ccccc5)c5ccccc5)cc4)cc3)n2)cc1. The van der Waals surface area contributed by atoms with Crippen LogP contribution in [0.25, 0.3) is 78.6 Å². The Morgan fingerprint density at radius 2 is 0.712 bits per heavy atom. The van der Waals surface area contributed by atoms with E-state index in [0.717, 1.165) is 50.0 Å². The minimum Gasteiger partial charge on any atom is -0.247 e. The monoisotopic (exact) mass is 752 g/mol. The van der Waals surface area contributed by atoms with Crippen molar-refractivity contribution < 1.29 is 0 Å². The van der Waals surface area contributed by atoms with Crippen LogP contribution in [-0.4, -0.2) is 19.9 Å². The third-order valence-corrected chi connectivity index (χ3v) is 11.6. The van der Waals surface area contributed by atoms with Crippen molar-refractivity contribution in [3.8, 4) is 67.7 Å². The summed E-state index contributed by atoms with van der Waals surface area (Å²) in [6, 6.07) is 77.0. The molecule has 1 aliphatic rings. The fourth-order valence-electron chi connectivity index (χ4n) is 8.95. The fourth-order valence-corrected chi connectivity index (χ4v) is 8.95. The first-order valence-corrected chi connectivity index (χ1v) is 20.0. The highest BCUT2D eigenvalue weighted by molar-refractivity contribution is 6.04. The van der Waals surface area contributed by atoms with Crippen LogP contribution in [0.1, 0.15) is 22.3 Å². The van der Waals surface area contributed by atoms with Gasteiger partial charge in [-0.1, -0.05) is 212 Å². The topological polar surface area (TPSA) is 51.6 Å². The Balaban J connectivity index is 1.02. The number of rotatable bonds is 7. The molecule has 4 heteroatoms. The van der Waals surface area contributed by atoms with Gasteiger partial charge in [-0.25, -0.2) is 19.9 Å². The number of hydrogen-bond acceptors (Lipinski definition) is 4. The first-order valence-electron chi connectivity index (χ1n) is 20.0. The number of aromatic nitrogens is 4. The molecule has 0 bridgehead atoms. The molecular weight excluding hydrogens is 717 g/mol. The van der Waals surface area contributed by atoms with Gasteiger partial charge in [0.1, 0.15) is 0 Å². The molecule has 0 atom stereocenters. The Hall–Kier alpha value is -7.82. The van der Waals surface area contributed by atoms with Crippen LogP contribution in [0.5, 0.6) is 0 Å². The summed E-state index contributed by atoms with van der Waals surface area (Å²) in [5, 5.41) is 1.16. The van der Waals surface area contributed by atoms with Gasteiger partial charge in [-0.2, -0.15) is 0 Å². The van der Waals surface area contributed by atoms with Crippen molar-refractivity contribution in [3.63, 3.8) is 0 Å². The molecule has 0 aliphatic heterocycles. The van der Waals surface area contributed by atoms with Gasteiger partial charge in [-0.3, -0.25) is 0 Å². The molecule has 0 radical (unpaired) electrons. The molecule has 59 heavy (non-hydrogen) atoms. The molecule has 0 spiro atoms. The third-order valence-electron chi connectivity index (χ3n) is 11.6. The highest BCUT2D eigenvalue weighted by Crippen LogP contribution is 2.59. The van der Waals surface area contributed by atoms with Gasteiger partial charge < -0.3 is 0 Å². The van der Waals surface area contributed by atoms with Crippen LogP contribution >= 0.6 is 0 Å². The van der Waals surface area contributed by atoms with Crippen LogP contribution in [0.3, 0.4) is 0 Å². The van der Waals surface area contributed by atoms with Crippen LogP contribution in [0.4, 0.5) is 0 Å². The van der Waals surface area contributed by atoms with Crippen molar-refractivity contribution in [2.75, 3.05) is 0 Å². The molecule has 0 fully saturated rings. The highest BCUT2D eigenvalue weighted by atomic mass is 15.0. The van der Waals surface area contributed by atoms with E-state index in [9.17, 15) is 0 Å². The standard InChI is InChI=1S/C55H36N4/c1-5-17-40(18-6-1)52-57-53(41-19-7-2-8-20-41)59-54(58-52)42-35-31-38(32-36-42)37-29-33-39(34-30-37)51-49-45-25-13-15-27-47(45)55(43-21-9-3-10-22-43,44-23-11-4-12-24-44)50(49)46-26-14-16-28-48(46)56-51/h1-36H. The Kier molecular flexibility index (Phi) is 8.34. The Labute approximate surface area is 343 Å². The van der Waals surface area contributed by atoms with Crippen molar-refractivity contribution >= 4 is 10.9 Å². The second kappa shape index (κ2) is 14.3. The molecule has 0 saturated heterocycles. The molecule has 10 aromatic rings. The summed E-state index contributed by atoms with van der Waals surface area (Å²) in [7, 11) is 0. The number of hydrogen-bond donors (Lipinski definition) is 0. The number of nitrogens with zero attached hydrogens (tertiary/aromatic N) is 4. The molecular formula is C55H36N4. The van der Waals surface area contributed by atoms with E-state index in [0.29, 0.717) is 17.5 Å². The molecule has 4 nitrogen and oxygen atoms in total. The smallest absolute Gasteiger partial charge is 0.164 e. The van der Waals surface area contributed by atoms with Gasteiger partial charge in [0.05, 0.1) is 16.6 Å². The maximum absolute atomic E-state index is 5.46. The van der Waals surface area contributed by atoms with Crippen LogP contribution < -0.4 is 0 Å². The van der Waals surface area contributed by atoms with Crippen molar-refractivity contribution in [2.24, 2.45) is 0 Å². The van der Waals surface area contributed by atoms with E-state index in [1.165, 1.54) is 33.4 Å². The lowest BCUT2D eigenvalue weighted by molar-refractivity contribution is 0.775. The van der Waals surface area contributed by atoms with Gasteiger partial charge in [0.15, 0.2) is 17.5 Å². The second-order valence-electron chi connectivity index (χ2n) is 14.9. The van der Waals surface area contributed by atoms with E-state index >= 15 is 0 Å². The minimum atomic E-state index is -0.532. The normalized spacial score (nSPS) is 12.5. The molecule has 0 N–H and O–H groups in total. The summed E-state index contributed by atoms with van der Waals surface area (Å²) in [4.78, 5) is 20.2. The predicted molar refractivity (Wildman–Crippen MR) is 240 cm³/mol.